The van der Waals surface area contributed by atoms with E-state index in [4.69, 9.17) is 24.3 Å². The minimum atomic E-state index is -1.54. The van der Waals surface area contributed by atoms with Gasteiger partial charge in [0.05, 0.1) is 13.7 Å². The van der Waals surface area contributed by atoms with Gasteiger partial charge in [-0.25, -0.2) is 10.4 Å². The summed E-state index contributed by atoms with van der Waals surface area (Å²) in [6.45, 7) is 0.704. The number of amides is 1. The van der Waals surface area contributed by atoms with E-state index < -0.39 is 17.6 Å². The van der Waals surface area contributed by atoms with Crippen molar-refractivity contribution in [2.45, 2.75) is 31.0 Å². The van der Waals surface area contributed by atoms with Crippen LogP contribution in [0.25, 0.3) is 10.4 Å². The highest BCUT2D eigenvalue weighted by Crippen LogP contribution is 2.46. The van der Waals surface area contributed by atoms with E-state index in [2.05, 4.69) is 36.8 Å². The smallest absolute Gasteiger partial charge is 0.266 e. The summed E-state index contributed by atoms with van der Waals surface area (Å²) in [6.07, 6.45) is -0.302. The molecule has 2 atom stereocenters. The Balaban J connectivity index is 1.57. The van der Waals surface area contributed by atoms with Gasteiger partial charge in [-0.05, 0) is 47.5 Å². The van der Waals surface area contributed by atoms with Crippen LogP contribution in [0.5, 0.6) is 11.5 Å². The summed E-state index contributed by atoms with van der Waals surface area (Å²) in [5, 5.41) is 13.0. The van der Waals surface area contributed by atoms with E-state index in [1.165, 1.54) is 0 Å². The van der Waals surface area contributed by atoms with Gasteiger partial charge < -0.3 is 19.3 Å². The Morgan fingerprint density at radius 1 is 1.04 bits per heavy atom. The molecule has 0 radical (unpaired) electrons. The molecule has 1 heterocycles. The SMILES string of the molecule is COc1ccccc1CNNC(=O)[C@@]1(Cc2ccccc2Br)N=C(c2ccc(OCCCO)cc2)O[C@H]1c1ccccc1N=[N+]=[N-]. The quantitative estimate of drug-likeness (QED) is 0.0455. The van der Waals surface area contributed by atoms with Gasteiger partial charge in [0.25, 0.3) is 5.91 Å². The van der Waals surface area contributed by atoms with Crippen molar-refractivity contribution in [3.63, 3.8) is 0 Å². The van der Waals surface area contributed by atoms with E-state index in [0.29, 0.717) is 41.3 Å². The number of nitrogens with one attached hydrogen (secondary N) is 2. The predicted molar refractivity (Wildman–Crippen MR) is 178 cm³/mol. The third-order valence-corrected chi connectivity index (χ3v) is 8.27. The van der Waals surface area contributed by atoms with E-state index in [-0.39, 0.29) is 25.5 Å². The molecule has 4 aromatic carbocycles. The number of hydrogen-bond donors (Lipinski definition) is 3. The van der Waals surface area contributed by atoms with Crippen molar-refractivity contribution >= 4 is 33.4 Å². The van der Waals surface area contributed by atoms with Crippen LogP contribution in [0.1, 0.15) is 34.8 Å². The first-order valence-electron chi connectivity index (χ1n) is 14.6. The zero-order valence-electron chi connectivity index (χ0n) is 25.1. The fourth-order valence-electron chi connectivity index (χ4n) is 5.22. The summed E-state index contributed by atoms with van der Waals surface area (Å²) >= 11 is 3.64. The van der Waals surface area contributed by atoms with Crippen molar-refractivity contribution in [3.8, 4) is 11.5 Å². The molecule has 11 nitrogen and oxygen atoms in total. The van der Waals surface area contributed by atoms with Gasteiger partial charge in [0, 0.05) is 57.8 Å². The van der Waals surface area contributed by atoms with Gasteiger partial charge in [-0.1, -0.05) is 81.7 Å². The number of ether oxygens (including phenoxy) is 3. The van der Waals surface area contributed by atoms with Crippen LogP contribution < -0.4 is 20.3 Å². The molecule has 0 bridgehead atoms. The van der Waals surface area contributed by atoms with Crippen LogP contribution in [-0.2, 0) is 22.5 Å². The van der Waals surface area contributed by atoms with Crippen LogP contribution in [-0.4, -0.2) is 42.8 Å². The lowest BCUT2D eigenvalue weighted by Gasteiger charge is -2.31. The molecule has 0 spiro atoms. The Morgan fingerprint density at radius 3 is 2.50 bits per heavy atom. The highest BCUT2D eigenvalue weighted by atomic mass is 79.9. The van der Waals surface area contributed by atoms with Crippen LogP contribution in [0.15, 0.2) is 112 Å². The molecule has 12 heteroatoms. The van der Waals surface area contributed by atoms with Gasteiger partial charge in [0.2, 0.25) is 5.90 Å². The molecule has 0 aliphatic carbocycles. The zero-order chi connectivity index (χ0) is 32.4. The largest absolute Gasteiger partial charge is 0.496 e. The number of carbonyl (C=O) groups excluding carboxylic acids is 1. The molecule has 46 heavy (non-hydrogen) atoms. The molecule has 3 N–H and O–H groups in total. The van der Waals surface area contributed by atoms with Crippen LogP contribution in [0.4, 0.5) is 5.69 Å². The fraction of sp³-hybridized carbons (Fsp3) is 0.235. The van der Waals surface area contributed by atoms with Gasteiger partial charge in [0.15, 0.2) is 11.6 Å². The second-order valence-corrected chi connectivity index (χ2v) is 11.3. The van der Waals surface area contributed by atoms with Gasteiger partial charge in [0.1, 0.15) is 11.5 Å². The monoisotopic (exact) mass is 684 g/mol. The van der Waals surface area contributed by atoms with Gasteiger partial charge in [-0.3, -0.25) is 10.2 Å². The maximum absolute atomic E-state index is 14.5. The molecule has 0 saturated heterocycles. The predicted octanol–water partition coefficient (Wildman–Crippen LogP) is 6.48. The fourth-order valence-corrected chi connectivity index (χ4v) is 5.64. The normalized spacial score (nSPS) is 16.9. The van der Waals surface area contributed by atoms with Crippen LogP contribution in [0, 0.1) is 0 Å². The van der Waals surface area contributed by atoms with Crippen LogP contribution >= 0.6 is 15.9 Å². The lowest BCUT2D eigenvalue weighted by atomic mass is 9.81. The molecule has 0 fully saturated rings. The lowest BCUT2D eigenvalue weighted by Crippen LogP contribution is -2.53. The number of benzene rings is 4. The molecular weight excluding hydrogens is 652 g/mol. The van der Waals surface area contributed by atoms with Crippen LogP contribution in [0.3, 0.4) is 0 Å². The number of nitrogens with zero attached hydrogens (tertiary/aromatic N) is 4. The lowest BCUT2D eigenvalue weighted by molar-refractivity contribution is -0.130. The first kappa shape index (κ1) is 32.5. The number of methoxy groups -OCH3 is 1. The number of aliphatic hydroxyl groups is 1. The molecule has 4 aromatic rings. The third kappa shape index (κ3) is 7.32. The minimum Gasteiger partial charge on any atom is -0.496 e. The van der Waals surface area contributed by atoms with Crippen molar-refractivity contribution < 1.29 is 24.1 Å². The molecule has 0 saturated carbocycles. The topological polar surface area (TPSA) is 150 Å². The minimum absolute atomic E-state index is 0.0386. The summed E-state index contributed by atoms with van der Waals surface area (Å²) in [7, 11) is 1.59. The first-order valence-corrected chi connectivity index (χ1v) is 15.4. The standard InChI is InChI=1S/C34H33BrN6O5/c1-44-30-14-7-3-10-25(30)22-37-40-33(43)34(21-24-9-2-5-12-28(24)35)31(27-11-4-6-13-29(27)39-41-36)46-32(38-34)23-15-17-26(18-16-23)45-20-8-19-42/h2-7,9-18,31,37,42H,8,19-22H2,1H3,(H,40,43)/t31-,34-/m0/s1. The van der Waals surface area contributed by atoms with Crippen molar-refractivity contribution in [2.24, 2.45) is 10.1 Å². The highest BCUT2D eigenvalue weighted by Gasteiger charge is 2.54. The summed E-state index contributed by atoms with van der Waals surface area (Å²) in [5.41, 5.74) is 16.9. The second-order valence-electron chi connectivity index (χ2n) is 10.4. The van der Waals surface area contributed by atoms with E-state index in [1.54, 1.807) is 55.6 Å². The Labute approximate surface area is 275 Å². The summed E-state index contributed by atoms with van der Waals surface area (Å²) in [5.74, 6) is 1.10. The molecule has 1 amide bonds. The number of carbonyl (C=O) groups is 1. The number of hydrogen-bond acceptors (Lipinski definition) is 8. The Bertz CT molecular complexity index is 1740. The molecule has 5 rings (SSSR count). The average molecular weight is 686 g/mol. The summed E-state index contributed by atoms with van der Waals surface area (Å²) in [4.78, 5) is 22.6. The number of halogens is 1. The van der Waals surface area contributed by atoms with Gasteiger partial charge in [-0.15, -0.1) is 0 Å². The zero-order valence-corrected chi connectivity index (χ0v) is 26.7. The van der Waals surface area contributed by atoms with E-state index >= 15 is 0 Å². The van der Waals surface area contributed by atoms with E-state index in [9.17, 15) is 10.3 Å². The molecular formula is C34H33BrN6O5. The molecule has 1 aliphatic heterocycles. The Kier molecular flexibility index (Phi) is 10.9. The average Bonchev–Trinajstić information content (AvgIpc) is 3.47. The Morgan fingerprint density at radius 2 is 1.76 bits per heavy atom. The van der Waals surface area contributed by atoms with E-state index in [0.717, 1.165) is 15.6 Å². The maximum atomic E-state index is 14.5. The molecule has 0 unspecified atom stereocenters. The number of rotatable bonds is 14. The van der Waals surface area contributed by atoms with Crippen molar-refractivity contribution in [3.05, 3.63) is 134 Å². The van der Waals surface area contributed by atoms with Crippen molar-refractivity contribution in [1.29, 1.82) is 0 Å². The summed E-state index contributed by atoms with van der Waals surface area (Å²) in [6, 6.07) is 29.3. The maximum Gasteiger partial charge on any atom is 0.266 e. The Hall–Kier alpha value is -4.87. The molecule has 1 aliphatic rings. The number of para-hydroxylation sites is 1. The van der Waals surface area contributed by atoms with Crippen molar-refractivity contribution in [1.82, 2.24) is 10.9 Å². The number of aliphatic imine (C=N–C) groups is 1. The summed E-state index contributed by atoms with van der Waals surface area (Å²) < 4.78 is 18.5. The number of aliphatic hydroxyl groups excluding tert-OH is 1. The highest BCUT2D eigenvalue weighted by molar-refractivity contribution is 9.10. The van der Waals surface area contributed by atoms with E-state index in [1.807, 2.05) is 48.5 Å². The van der Waals surface area contributed by atoms with Crippen molar-refractivity contribution in [2.75, 3.05) is 20.3 Å². The molecule has 0 aromatic heterocycles. The van der Waals surface area contributed by atoms with Gasteiger partial charge in [-0.2, -0.15) is 0 Å². The third-order valence-electron chi connectivity index (χ3n) is 7.49. The molecule has 236 valence electrons. The van der Waals surface area contributed by atoms with Gasteiger partial charge >= 0.3 is 0 Å². The number of hydrazine groups is 1. The second kappa shape index (κ2) is 15.4. The van der Waals surface area contributed by atoms with Crippen LogP contribution in [0.2, 0.25) is 0 Å². The first-order chi connectivity index (χ1) is 22.5. The number of azide groups is 1.